The van der Waals surface area contributed by atoms with Gasteiger partial charge in [-0.2, -0.15) is 4.98 Å². The van der Waals surface area contributed by atoms with Crippen LogP contribution in [0.3, 0.4) is 0 Å². The highest BCUT2D eigenvalue weighted by Crippen LogP contribution is 2.36. The number of halogens is 1. The van der Waals surface area contributed by atoms with Crippen molar-refractivity contribution in [3.05, 3.63) is 61.7 Å². The molecule has 19 heavy (non-hydrogen) atoms. The van der Waals surface area contributed by atoms with Gasteiger partial charge in [-0.15, -0.1) is 0 Å². The van der Waals surface area contributed by atoms with E-state index in [1.165, 1.54) is 11.1 Å². The van der Waals surface area contributed by atoms with E-state index in [4.69, 9.17) is 0 Å². The smallest absolute Gasteiger partial charge is 0.295 e. The van der Waals surface area contributed by atoms with Crippen molar-refractivity contribution in [1.82, 2.24) is 9.55 Å². The molecule has 1 heterocycles. The van der Waals surface area contributed by atoms with E-state index >= 15 is 0 Å². The molecule has 0 N–H and O–H groups in total. The Hall–Kier alpha value is -1.42. The van der Waals surface area contributed by atoms with Gasteiger partial charge >= 0.3 is 5.69 Å². The number of benzene rings is 1. The lowest BCUT2D eigenvalue weighted by atomic mass is 9.77. The molecule has 2 aromatic rings. The van der Waals surface area contributed by atoms with Gasteiger partial charge in [0.25, 0.3) is 0 Å². The Kier molecular flexibility index (Phi) is 3.05. The van der Waals surface area contributed by atoms with Crippen LogP contribution in [0.1, 0.15) is 28.4 Å². The maximum atomic E-state index is 12.0. The number of hydrogen-bond donors (Lipinski definition) is 0. The van der Waals surface area contributed by atoms with Gasteiger partial charge in [-0.05, 0) is 47.3 Å². The highest BCUT2D eigenvalue weighted by molar-refractivity contribution is 9.10. The first kappa shape index (κ1) is 12.6. The quantitative estimate of drug-likeness (QED) is 0.853. The van der Waals surface area contributed by atoms with Gasteiger partial charge < -0.3 is 0 Å². The van der Waals surface area contributed by atoms with Crippen LogP contribution >= 0.6 is 15.9 Å². The van der Waals surface area contributed by atoms with E-state index in [2.05, 4.69) is 45.2 Å². The third-order valence-electron chi connectivity index (χ3n) is 3.90. The summed E-state index contributed by atoms with van der Waals surface area (Å²) in [5.74, 6) is 0.434. The fourth-order valence-electron chi connectivity index (χ4n) is 2.74. The summed E-state index contributed by atoms with van der Waals surface area (Å²) in [4.78, 5) is 16.1. The third kappa shape index (κ3) is 2.04. The molecule has 0 radical (unpaired) electrons. The molecule has 1 aliphatic carbocycles. The molecule has 98 valence electrons. The minimum atomic E-state index is -0.150. The molecule has 0 amide bonds. The van der Waals surface area contributed by atoms with Crippen molar-refractivity contribution in [3.8, 4) is 0 Å². The lowest BCUT2D eigenvalue weighted by molar-refractivity contribution is 0.482. The SMILES string of the molecule is Cc1nc(=O)n(CC2Cc3ccccc32)c(C)c1Br. The van der Waals surface area contributed by atoms with Gasteiger partial charge in [-0.1, -0.05) is 24.3 Å². The van der Waals surface area contributed by atoms with Crippen LogP contribution in [0, 0.1) is 13.8 Å². The third-order valence-corrected chi connectivity index (χ3v) is 5.05. The van der Waals surface area contributed by atoms with Crippen LogP contribution in [0.4, 0.5) is 0 Å². The first-order valence-electron chi connectivity index (χ1n) is 6.39. The van der Waals surface area contributed by atoms with E-state index in [1.807, 2.05) is 13.8 Å². The molecule has 0 spiro atoms. The molecule has 1 unspecified atom stereocenters. The molecule has 0 bridgehead atoms. The Morgan fingerprint density at radius 2 is 2.11 bits per heavy atom. The van der Waals surface area contributed by atoms with E-state index in [9.17, 15) is 4.79 Å². The fourth-order valence-corrected chi connectivity index (χ4v) is 3.04. The minimum Gasteiger partial charge on any atom is -0.295 e. The van der Waals surface area contributed by atoms with Gasteiger partial charge in [0.05, 0.1) is 10.2 Å². The summed E-state index contributed by atoms with van der Waals surface area (Å²) in [6, 6.07) is 8.44. The maximum absolute atomic E-state index is 12.0. The van der Waals surface area contributed by atoms with Crippen LogP contribution in [-0.2, 0) is 13.0 Å². The lowest BCUT2D eigenvalue weighted by Gasteiger charge is -2.31. The van der Waals surface area contributed by atoms with E-state index in [-0.39, 0.29) is 5.69 Å². The maximum Gasteiger partial charge on any atom is 0.348 e. The molecule has 1 atom stereocenters. The van der Waals surface area contributed by atoms with Crippen molar-refractivity contribution in [3.63, 3.8) is 0 Å². The second-order valence-electron chi connectivity index (χ2n) is 5.09. The van der Waals surface area contributed by atoms with E-state index in [1.54, 1.807) is 4.57 Å². The zero-order valence-corrected chi connectivity index (χ0v) is 12.6. The summed E-state index contributed by atoms with van der Waals surface area (Å²) in [5, 5.41) is 0. The summed E-state index contributed by atoms with van der Waals surface area (Å²) in [6.45, 7) is 4.53. The number of aromatic nitrogens is 2. The van der Waals surface area contributed by atoms with Crippen LogP contribution < -0.4 is 5.69 Å². The summed E-state index contributed by atoms with van der Waals surface area (Å²) < 4.78 is 2.71. The average molecular weight is 319 g/mol. The summed E-state index contributed by atoms with van der Waals surface area (Å²) in [7, 11) is 0. The van der Waals surface area contributed by atoms with Crippen LogP contribution in [0.25, 0.3) is 0 Å². The molecule has 3 nitrogen and oxygen atoms in total. The second-order valence-corrected chi connectivity index (χ2v) is 5.88. The molecule has 1 aromatic heterocycles. The molecule has 1 aromatic carbocycles. The van der Waals surface area contributed by atoms with Gasteiger partial charge in [0, 0.05) is 18.2 Å². The largest absolute Gasteiger partial charge is 0.348 e. The van der Waals surface area contributed by atoms with E-state index < -0.39 is 0 Å². The summed E-state index contributed by atoms with van der Waals surface area (Å²) >= 11 is 3.50. The average Bonchev–Trinajstić information content (AvgIpc) is 2.37. The van der Waals surface area contributed by atoms with Crippen molar-refractivity contribution < 1.29 is 0 Å². The standard InChI is InChI=1S/C15H15BrN2O/c1-9-14(16)10(2)18(15(19)17-9)8-12-7-11-5-3-4-6-13(11)12/h3-6,12H,7-8H2,1-2H3. The predicted octanol–water partition coefficient (Wildman–Crippen LogP) is 2.96. The Morgan fingerprint density at radius 1 is 1.37 bits per heavy atom. The van der Waals surface area contributed by atoms with E-state index in [0.29, 0.717) is 12.5 Å². The van der Waals surface area contributed by atoms with Gasteiger partial charge in [-0.3, -0.25) is 4.57 Å². The van der Waals surface area contributed by atoms with Crippen molar-refractivity contribution in [2.45, 2.75) is 32.7 Å². The van der Waals surface area contributed by atoms with Gasteiger partial charge in [-0.25, -0.2) is 4.79 Å². The van der Waals surface area contributed by atoms with Gasteiger partial charge in [0.1, 0.15) is 0 Å². The normalized spacial score (nSPS) is 16.9. The first-order valence-corrected chi connectivity index (χ1v) is 7.18. The van der Waals surface area contributed by atoms with Crippen molar-refractivity contribution in [2.24, 2.45) is 0 Å². The molecule has 1 aliphatic rings. The number of rotatable bonds is 2. The fraction of sp³-hybridized carbons (Fsp3) is 0.333. The Bertz CT molecular complexity index is 706. The van der Waals surface area contributed by atoms with Gasteiger partial charge in [0.2, 0.25) is 0 Å². The molecule has 0 saturated carbocycles. The number of aryl methyl sites for hydroxylation is 1. The molecular weight excluding hydrogens is 304 g/mol. The number of hydrogen-bond acceptors (Lipinski definition) is 2. The Labute approximate surface area is 120 Å². The highest BCUT2D eigenvalue weighted by Gasteiger charge is 2.26. The van der Waals surface area contributed by atoms with Crippen LogP contribution in [0.15, 0.2) is 33.5 Å². The zero-order chi connectivity index (χ0) is 13.6. The molecular formula is C15H15BrN2O. The lowest BCUT2D eigenvalue weighted by Crippen LogP contribution is -2.32. The van der Waals surface area contributed by atoms with Crippen molar-refractivity contribution >= 4 is 15.9 Å². The Morgan fingerprint density at radius 3 is 2.84 bits per heavy atom. The molecule has 3 rings (SSSR count). The van der Waals surface area contributed by atoms with Crippen molar-refractivity contribution in [2.75, 3.05) is 0 Å². The second kappa shape index (κ2) is 4.60. The van der Waals surface area contributed by atoms with Crippen LogP contribution in [0.5, 0.6) is 0 Å². The van der Waals surface area contributed by atoms with Crippen molar-refractivity contribution in [1.29, 1.82) is 0 Å². The molecule has 0 aliphatic heterocycles. The summed E-state index contributed by atoms with van der Waals surface area (Å²) in [6.07, 6.45) is 1.05. The minimum absolute atomic E-state index is 0.150. The highest BCUT2D eigenvalue weighted by atomic mass is 79.9. The first-order chi connectivity index (χ1) is 9.08. The monoisotopic (exact) mass is 318 g/mol. The number of nitrogens with zero attached hydrogens (tertiary/aromatic N) is 2. The van der Waals surface area contributed by atoms with Gasteiger partial charge in [0.15, 0.2) is 0 Å². The van der Waals surface area contributed by atoms with Crippen LogP contribution in [0.2, 0.25) is 0 Å². The predicted molar refractivity (Wildman–Crippen MR) is 78.6 cm³/mol. The molecule has 0 fully saturated rings. The van der Waals surface area contributed by atoms with E-state index in [0.717, 1.165) is 22.3 Å². The molecule has 4 heteroatoms. The Balaban J connectivity index is 1.95. The topological polar surface area (TPSA) is 34.9 Å². The molecule has 0 saturated heterocycles. The zero-order valence-electron chi connectivity index (χ0n) is 11.0. The van der Waals surface area contributed by atoms with Crippen LogP contribution in [-0.4, -0.2) is 9.55 Å². The summed E-state index contributed by atoms with van der Waals surface area (Å²) in [5.41, 5.74) is 4.33. The number of fused-ring (bicyclic) bond motifs is 1.